The normalized spacial score (nSPS) is 26.4. The second-order valence-electron chi connectivity index (χ2n) is 3.83. The third kappa shape index (κ3) is 2.20. The van der Waals surface area contributed by atoms with Crippen molar-refractivity contribution in [1.29, 1.82) is 0 Å². The molecule has 1 aromatic heterocycles. The molecule has 1 aromatic rings. The highest BCUT2D eigenvalue weighted by molar-refractivity contribution is 5.29. The standard InChI is InChI=1S/C10H16N4/c11-9-3-1-2-8(9)6-14-10-7-12-4-5-13-10/h4-5,7-9H,1-3,6,11H2,(H,13,14). The van der Waals surface area contributed by atoms with Crippen LogP contribution in [0.25, 0.3) is 0 Å². The summed E-state index contributed by atoms with van der Waals surface area (Å²) < 4.78 is 0. The Morgan fingerprint density at radius 2 is 2.36 bits per heavy atom. The maximum Gasteiger partial charge on any atom is 0.144 e. The minimum absolute atomic E-state index is 0.360. The molecule has 0 radical (unpaired) electrons. The Bertz CT molecular complexity index is 275. The van der Waals surface area contributed by atoms with E-state index < -0.39 is 0 Å². The zero-order valence-electron chi connectivity index (χ0n) is 8.19. The Morgan fingerprint density at radius 3 is 3.00 bits per heavy atom. The van der Waals surface area contributed by atoms with Crippen molar-refractivity contribution >= 4 is 5.82 Å². The molecule has 2 rings (SSSR count). The predicted molar refractivity (Wildman–Crippen MR) is 55.8 cm³/mol. The predicted octanol–water partition coefficient (Wildman–Crippen LogP) is 1.02. The zero-order chi connectivity index (χ0) is 9.80. The molecular formula is C10H16N4. The van der Waals surface area contributed by atoms with Gasteiger partial charge in [-0.3, -0.25) is 4.98 Å². The van der Waals surface area contributed by atoms with Gasteiger partial charge in [0.05, 0.1) is 6.20 Å². The van der Waals surface area contributed by atoms with E-state index in [2.05, 4.69) is 15.3 Å². The molecule has 0 aliphatic heterocycles. The van der Waals surface area contributed by atoms with Crippen molar-refractivity contribution < 1.29 is 0 Å². The van der Waals surface area contributed by atoms with Crippen LogP contribution >= 0.6 is 0 Å². The molecule has 14 heavy (non-hydrogen) atoms. The Morgan fingerprint density at radius 1 is 1.43 bits per heavy atom. The highest BCUT2D eigenvalue weighted by Gasteiger charge is 2.23. The molecule has 2 unspecified atom stereocenters. The van der Waals surface area contributed by atoms with Crippen LogP contribution in [0.4, 0.5) is 5.82 Å². The maximum atomic E-state index is 5.97. The van der Waals surface area contributed by atoms with Crippen molar-refractivity contribution in [3.8, 4) is 0 Å². The highest BCUT2D eigenvalue weighted by atomic mass is 15.0. The number of aromatic nitrogens is 2. The van der Waals surface area contributed by atoms with Gasteiger partial charge < -0.3 is 11.1 Å². The van der Waals surface area contributed by atoms with Gasteiger partial charge in [0, 0.05) is 25.0 Å². The molecule has 1 heterocycles. The minimum atomic E-state index is 0.360. The van der Waals surface area contributed by atoms with E-state index in [1.807, 2.05) is 0 Å². The van der Waals surface area contributed by atoms with Gasteiger partial charge in [-0.05, 0) is 18.8 Å². The lowest BCUT2D eigenvalue weighted by atomic mass is 10.1. The van der Waals surface area contributed by atoms with Gasteiger partial charge in [-0.2, -0.15) is 0 Å². The van der Waals surface area contributed by atoms with E-state index in [1.165, 1.54) is 12.8 Å². The molecule has 1 fully saturated rings. The van der Waals surface area contributed by atoms with Gasteiger partial charge in [0.2, 0.25) is 0 Å². The number of hydrogen-bond acceptors (Lipinski definition) is 4. The molecule has 2 atom stereocenters. The molecule has 0 amide bonds. The van der Waals surface area contributed by atoms with Crippen LogP contribution in [0.3, 0.4) is 0 Å². The average molecular weight is 192 g/mol. The summed E-state index contributed by atoms with van der Waals surface area (Å²) >= 11 is 0. The van der Waals surface area contributed by atoms with Crippen LogP contribution in [0.15, 0.2) is 18.6 Å². The van der Waals surface area contributed by atoms with Gasteiger partial charge >= 0.3 is 0 Å². The second-order valence-corrected chi connectivity index (χ2v) is 3.83. The molecule has 0 saturated heterocycles. The molecule has 1 aliphatic carbocycles. The fourth-order valence-electron chi connectivity index (χ4n) is 1.94. The topological polar surface area (TPSA) is 63.8 Å². The van der Waals surface area contributed by atoms with Gasteiger partial charge in [-0.25, -0.2) is 4.98 Å². The van der Waals surface area contributed by atoms with E-state index in [1.54, 1.807) is 18.6 Å². The molecule has 4 nitrogen and oxygen atoms in total. The summed E-state index contributed by atoms with van der Waals surface area (Å²) in [4.78, 5) is 8.14. The molecule has 1 aliphatic rings. The Hall–Kier alpha value is -1.16. The zero-order valence-corrected chi connectivity index (χ0v) is 8.19. The summed E-state index contributed by atoms with van der Waals surface area (Å²) in [5.41, 5.74) is 5.97. The first kappa shape index (κ1) is 9.40. The molecule has 3 N–H and O–H groups in total. The van der Waals surface area contributed by atoms with E-state index >= 15 is 0 Å². The molecule has 1 saturated carbocycles. The van der Waals surface area contributed by atoms with Gasteiger partial charge in [0.25, 0.3) is 0 Å². The number of rotatable bonds is 3. The number of nitrogens with one attached hydrogen (secondary N) is 1. The van der Waals surface area contributed by atoms with Crippen molar-refractivity contribution in [3.63, 3.8) is 0 Å². The maximum absolute atomic E-state index is 5.97. The Balaban J connectivity index is 1.82. The van der Waals surface area contributed by atoms with E-state index in [9.17, 15) is 0 Å². The third-order valence-corrected chi connectivity index (χ3v) is 2.83. The molecule has 0 aromatic carbocycles. The second kappa shape index (κ2) is 4.37. The highest BCUT2D eigenvalue weighted by Crippen LogP contribution is 2.23. The van der Waals surface area contributed by atoms with E-state index in [0.29, 0.717) is 12.0 Å². The monoisotopic (exact) mass is 192 g/mol. The summed E-state index contributed by atoms with van der Waals surface area (Å²) in [7, 11) is 0. The fourth-order valence-corrected chi connectivity index (χ4v) is 1.94. The smallest absolute Gasteiger partial charge is 0.144 e. The summed E-state index contributed by atoms with van der Waals surface area (Å²) in [5, 5.41) is 3.26. The first-order valence-electron chi connectivity index (χ1n) is 5.12. The molecule has 76 valence electrons. The lowest BCUT2D eigenvalue weighted by molar-refractivity contribution is 0.504. The van der Waals surface area contributed by atoms with Gasteiger partial charge in [0.15, 0.2) is 0 Å². The van der Waals surface area contributed by atoms with Crippen molar-refractivity contribution in [2.75, 3.05) is 11.9 Å². The third-order valence-electron chi connectivity index (χ3n) is 2.83. The number of nitrogens with zero attached hydrogens (tertiary/aromatic N) is 2. The molecule has 0 bridgehead atoms. The van der Waals surface area contributed by atoms with Crippen LogP contribution in [-0.4, -0.2) is 22.6 Å². The lowest BCUT2D eigenvalue weighted by Crippen LogP contribution is -2.29. The van der Waals surface area contributed by atoms with Crippen LogP contribution in [0.1, 0.15) is 19.3 Å². The number of anilines is 1. The summed E-state index contributed by atoms with van der Waals surface area (Å²) in [6.07, 6.45) is 8.75. The molecule has 0 spiro atoms. The van der Waals surface area contributed by atoms with Crippen LogP contribution in [-0.2, 0) is 0 Å². The van der Waals surface area contributed by atoms with E-state index in [0.717, 1.165) is 18.8 Å². The summed E-state index contributed by atoms with van der Waals surface area (Å²) in [6, 6.07) is 0.360. The SMILES string of the molecule is NC1CCCC1CNc1cnccn1. The van der Waals surface area contributed by atoms with E-state index in [-0.39, 0.29) is 0 Å². The van der Waals surface area contributed by atoms with Crippen LogP contribution in [0.5, 0.6) is 0 Å². The van der Waals surface area contributed by atoms with Gasteiger partial charge in [-0.1, -0.05) is 6.42 Å². The lowest BCUT2D eigenvalue weighted by Gasteiger charge is -2.15. The van der Waals surface area contributed by atoms with Crippen molar-refractivity contribution in [2.24, 2.45) is 11.7 Å². The van der Waals surface area contributed by atoms with Crippen molar-refractivity contribution in [2.45, 2.75) is 25.3 Å². The average Bonchev–Trinajstić information content (AvgIpc) is 2.63. The van der Waals surface area contributed by atoms with Gasteiger partial charge in [-0.15, -0.1) is 0 Å². The number of hydrogen-bond donors (Lipinski definition) is 2. The van der Waals surface area contributed by atoms with Crippen molar-refractivity contribution in [1.82, 2.24) is 9.97 Å². The molecular weight excluding hydrogens is 176 g/mol. The largest absolute Gasteiger partial charge is 0.368 e. The Labute approximate surface area is 83.9 Å². The van der Waals surface area contributed by atoms with Crippen LogP contribution in [0, 0.1) is 5.92 Å². The Kier molecular flexibility index (Phi) is 2.93. The number of nitrogens with two attached hydrogens (primary N) is 1. The minimum Gasteiger partial charge on any atom is -0.368 e. The molecule has 4 heteroatoms. The summed E-state index contributed by atoms with van der Waals surface area (Å²) in [5.74, 6) is 1.43. The van der Waals surface area contributed by atoms with Crippen LogP contribution < -0.4 is 11.1 Å². The fraction of sp³-hybridized carbons (Fsp3) is 0.600. The quantitative estimate of drug-likeness (QED) is 0.750. The van der Waals surface area contributed by atoms with E-state index in [4.69, 9.17) is 5.73 Å². The van der Waals surface area contributed by atoms with Crippen LogP contribution in [0.2, 0.25) is 0 Å². The summed E-state index contributed by atoms with van der Waals surface area (Å²) in [6.45, 7) is 0.917. The first-order valence-corrected chi connectivity index (χ1v) is 5.12. The van der Waals surface area contributed by atoms with Crippen molar-refractivity contribution in [3.05, 3.63) is 18.6 Å². The first-order chi connectivity index (χ1) is 6.86. The van der Waals surface area contributed by atoms with Gasteiger partial charge in [0.1, 0.15) is 5.82 Å².